The second-order valence-corrected chi connectivity index (χ2v) is 5.32. The lowest BCUT2D eigenvalue weighted by molar-refractivity contribution is -0.112. The number of carbonyl (C=O) groups is 1. The predicted molar refractivity (Wildman–Crippen MR) is 70.7 cm³/mol. The average molecular weight is 234 g/mol. The van der Waals surface area contributed by atoms with E-state index in [1.165, 1.54) is 22.3 Å². The summed E-state index contributed by atoms with van der Waals surface area (Å²) in [5.74, 6) is 0.845. The second-order valence-electron chi connectivity index (χ2n) is 5.32. The van der Waals surface area contributed by atoms with E-state index < -0.39 is 0 Å². The van der Waals surface area contributed by atoms with Gasteiger partial charge in [0.15, 0.2) is 0 Å². The van der Waals surface area contributed by atoms with Gasteiger partial charge < -0.3 is 4.79 Å². The Bertz CT molecular complexity index is 582. The molecule has 0 saturated carbocycles. The van der Waals surface area contributed by atoms with Gasteiger partial charge in [0.2, 0.25) is 0 Å². The monoisotopic (exact) mass is 234 g/mol. The van der Waals surface area contributed by atoms with Gasteiger partial charge in [-0.05, 0) is 28.7 Å². The van der Waals surface area contributed by atoms with Crippen molar-refractivity contribution in [2.75, 3.05) is 0 Å². The van der Waals surface area contributed by atoms with Gasteiger partial charge in [0.1, 0.15) is 6.29 Å². The second kappa shape index (κ2) is 3.55. The summed E-state index contributed by atoms with van der Waals surface area (Å²) in [5, 5.41) is 0. The summed E-state index contributed by atoms with van der Waals surface area (Å²) in [6.45, 7) is 0. The summed E-state index contributed by atoms with van der Waals surface area (Å²) in [5.41, 5.74) is 5.59. The molecule has 0 unspecified atom stereocenters. The minimum atomic E-state index is 0.153. The molecule has 1 nitrogen and oxygen atoms in total. The van der Waals surface area contributed by atoms with Crippen LogP contribution in [0.25, 0.3) is 0 Å². The van der Waals surface area contributed by atoms with Gasteiger partial charge in [0, 0.05) is 17.8 Å². The number of rotatable bonds is 1. The van der Waals surface area contributed by atoms with Gasteiger partial charge in [0.05, 0.1) is 0 Å². The average Bonchev–Trinajstić information content (AvgIpc) is 2.47. The molecule has 1 atom stereocenters. The van der Waals surface area contributed by atoms with E-state index in [1.807, 2.05) is 0 Å². The molecule has 2 aromatic rings. The zero-order chi connectivity index (χ0) is 12.1. The van der Waals surface area contributed by atoms with Crippen molar-refractivity contribution < 1.29 is 4.79 Å². The molecule has 18 heavy (non-hydrogen) atoms. The molecular weight excluding hydrogens is 220 g/mol. The Morgan fingerprint density at radius 3 is 1.83 bits per heavy atom. The lowest BCUT2D eigenvalue weighted by atomic mass is 9.59. The first-order valence-electron chi connectivity index (χ1n) is 6.53. The van der Waals surface area contributed by atoms with Gasteiger partial charge in [-0.15, -0.1) is 0 Å². The highest BCUT2D eigenvalue weighted by Crippen LogP contribution is 2.54. The fourth-order valence-electron chi connectivity index (χ4n) is 3.82. The van der Waals surface area contributed by atoms with Crippen molar-refractivity contribution >= 4 is 6.29 Å². The molecule has 0 aromatic heterocycles. The SMILES string of the molecule is O=C[C@@H]1CC2c3ccccc3C1c1ccccc12. The Balaban J connectivity index is 2.03. The molecule has 0 spiro atoms. The van der Waals surface area contributed by atoms with Crippen molar-refractivity contribution in [1.82, 2.24) is 0 Å². The molecule has 0 heterocycles. The van der Waals surface area contributed by atoms with Gasteiger partial charge in [-0.3, -0.25) is 0 Å². The first-order valence-corrected chi connectivity index (χ1v) is 6.53. The van der Waals surface area contributed by atoms with Gasteiger partial charge in [-0.25, -0.2) is 0 Å². The third-order valence-corrected chi connectivity index (χ3v) is 4.52. The predicted octanol–water partition coefficient (Wildman–Crippen LogP) is 3.48. The number of hydrogen-bond donors (Lipinski definition) is 0. The first-order chi connectivity index (χ1) is 8.90. The molecule has 0 fully saturated rings. The molecule has 0 N–H and O–H groups in total. The summed E-state index contributed by atoms with van der Waals surface area (Å²) in [4.78, 5) is 11.4. The zero-order valence-corrected chi connectivity index (χ0v) is 10.0. The summed E-state index contributed by atoms with van der Waals surface area (Å²) in [6, 6.07) is 17.2. The highest BCUT2D eigenvalue weighted by atomic mass is 16.1. The number of fused-ring (bicyclic) bond motifs is 1. The molecule has 0 saturated heterocycles. The Labute approximate surface area is 106 Å². The van der Waals surface area contributed by atoms with Crippen LogP contribution in [0.4, 0.5) is 0 Å². The zero-order valence-electron chi connectivity index (χ0n) is 10.0. The minimum Gasteiger partial charge on any atom is -0.303 e. The van der Waals surface area contributed by atoms with Crippen molar-refractivity contribution in [2.24, 2.45) is 5.92 Å². The molecule has 3 aliphatic rings. The maximum atomic E-state index is 11.4. The van der Waals surface area contributed by atoms with Crippen molar-refractivity contribution in [3.05, 3.63) is 70.8 Å². The lowest BCUT2D eigenvalue weighted by Gasteiger charge is -2.43. The van der Waals surface area contributed by atoms with Crippen LogP contribution in [0, 0.1) is 5.92 Å². The maximum absolute atomic E-state index is 11.4. The molecule has 2 bridgehead atoms. The van der Waals surface area contributed by atoms with Crippen LogP contribution in [0.2, 0.25) is 0 Å². The maximum Gasteiger partial charge on any atom is 0.124 e. The van der Waals surface area contributed by atoms with Crippen LogP contribution in [0.5, 0.6) is 0 Å². The van der Waals surface area contributed by atoms with E-state index >= 15 is 0 Å². The van der Waals surface area contributed by atoms with Crippen LogP contribution in [0.1, 0.15) is 40.5 Å². The molecule has 2 aromatic carbocycles. The van der Waals surface area contributed by atoms with E-state index in [0.29, 0.717) is 5.92 Å². The Hall–Kier alpha value is -1.89. The van der Waals surface area contributed by atoms with Crippen LogP contribution in [-0.2, 0) is 4.79 Å². The molecule has 0 aliphatic heterocycles. The molecule has 3 aliphatic carbocycles. The number of aldehydes is 1. The fraction of sp³-hybridized carbons (Fsp3) is 0.235. The Kier molecular flexibility index (Phi) is 1.99. The van der Waals surface area contributed by atoms with E-state index in [-0.39, 0.29) is 11.8 Å². The summed E-state index contributed by atoms with van der Waals surface area (Å²) in [6.07, 6.45) is 2.13. The van der Waals surface area contributed by atoms with Gasteiger partial charge in [0.25, 0.3) is 0 Å². The quantitative estimate of drug-likeness (QED) is 0.690. The highest BCUT2D eigenvalue weighted by molar-refractivity contribution is 5.66. The topological polar surface area (TPSA) is 17.1 Å². The summed E-state index contributed by atoms with van der Waals surface area (Å²) >= 11 is 0. The van der Waals surface area contributed by atoms with Gasteiger partial charge >= 0.3 is 0 Å². The van der Waals surface area contributed by atoms with Crippen LogP contribution >= 0.6 is 0 Å². The first kappa shape index (κ1) is 10.1. The van der Waals surface area contributed by atoms with Gasteiger partial charge in [-0.2, -0.15) is 0 Å². The summed E-state index contributed by atoms with van der Waals surface area (Å²) in [7, 11) is 0. The molecule has 0 amide bonds. The van der Waals surface area contributed by atoms with Crippen LogP contribution < -0.4 is 0 Å². The van der Waals surface area contributed by atoms with Crippen molar-refractivity contribution in [3.63, 3.8) is 0 Å². The lowest BCUT2D eigenvalue weighted by Crippen LogP contribution is -2.32. The van der Waals surface area contributed by atoms with E-state index in [1.54, 1.807) is 0 Å². The van der Waals surface area contributed by atoms with Crippen LogP contribution in [-0.4, -0.2) is 6.29 Å². The van der Waals surface area contributed by atoms with E-state index in [2.05, 4.69) is 48.5 Å². The smallest absolute Gasteiger partial charge is 0.124 e. The van der Waals surface area contributed by atoms with E-state index in [0.717, 1.165) is 12.7 Å². The minimum absolute atomic E-state index is 0.153. The largest absolute Gasteiger partial charge is 0.303 e. The number of hydrogen-bond acceptors (Lipinski definition) is 1. The normalized spacial score (nSPS) is 27.4. The Morgan fingerprint density at radius 2 is 1.33 bits per heavy atom. The number of benzene rings is 2. The molecule has 0 radical (unpaired) electrons. The van der Waals surface area contributed by atoms with Crippen LogP contribution in [0.15, 0.2) is 48.5 Å². The summed E-state index contributed by atoms with van der Waals surface area (Å²) < 4.78 is 0. The standard InChI is InChI=1S/C17H14O/c18-10-11-9-16-12-5-1-3-7-14(12)17(11)15-8-4-2-6-13(15)16/h1-8,10-11,16-17H,9H2/t11-,16?,17?/m0/s1. The third-order valence-electron chi connectivity index (χ3n) is 4.52. The molecule has 5 rings (SSSR count). The third kappa shape index (κ3) is 1.14. The van der Waals surface area contributed by atoms with E-state index in [9.17, 15) is 4.79 Å². The van der Waals surface area contributed by atoms with Crippen molar-refractivity contribution in [3.8, 4) is 0 Å². The molecule has 1 heteroatoms. The molecular formula is C17H14O. The van der Waals surface area contributed by atoms with Gasteiger partial charge in [-0.1, -0.05) is 48.5 Å². The van der Waals surface area contributed by atoms with Crippen LogP contribution in [0.3, 0.4) is 0 Å². The van der Waals surface area contributed by atoms with Crippen molar-refractivity contribution in [1.29, 1.82) is 0 Å². The number of carbonyl (C=O) groups excluding carboxylic acids is 1. The fourth-order valence-corrected chi connectivity index (χ4v) is 3.82. The highest BCUT2D eigenvalue weighted by Gasteiger charge is 2.42. The Morgan fingerprint density at radius 1 is 0.833 bits per heavy atom. The molecule has 88 valence electrons. The van der Waals surface area contributed by atoms with Crippen molar-refractivity contribution in [2.45, 2.75) is 18.3 Å². The van der Waals surface area contributed by atoms with E-state index in [4.69, 9.17) is 0 Å².